The van der Waals surface area contributed by atoms with Crippen LogP contribution in [0.5, 0.6) is 5.75 Å². The van der Waals surface area contributed by atoms with Crippen LogP contribution in [-0.4, -0.2) is 22.1 Å². The number of aromatic nitrogens is 2. The van der Waals surface area contributed by atoms with Gasteiger partial charge in [-0.15, -0.1) is 0 Å². The second kappa shape index (κ2) is 6.87. The lowest BCUT2D eigenvalue weighted by Crippen LogP contribution is -2.32. The highest BCUT2D eigenvalue weighted by molar-refractivity contribution is 5.97. The van der Waals surface area contributed by atoms with E-state index in [1.54, 1.807) is 29.7 Å². The van der Waals surface area contributed by atoms with Crippen LogP contribution < -0.4 is 15.6 Å². The molecule has 0 radical (unpaired) electrons. The molecular weight excluding hydrogens is 342 g/mol. The zero-order valence-electron chi connectivity index (χ0n) is 15.4. The van der Waals surface area contributed by atoms with E-state index >= 15 is 0 Å². The third-order valence-corrected chi connectivity index (χ3v) is 4.95. The first kappa shape index (κ1) is 17.3. The Bertz CT molecular complexity index is 1090. The Balaban J connectivity index is 1.66. The minimum atomic E-state index is -0.160. The van der Waals surface area contributed by atoms with Crippen molar-refractivity contribution in [1.82, 2.24) is 14.9 Å². The summed E-state index contributed by atoms with van der Waals surface area (Å²) in [5.74, 6) is 0.657. The molecule has 0 spiro atoms. The predicted octanol–water partition coefficient (Wildman–Crippen LogP) is 2.98. The van der Waals surface area contributed by atoms with Crippen LogP contribution in [0.3, 0.4) is 0 Å². The van der Waals surface area contributed by atoms with E-state index in [0.717, 1.165) is 23.3 Å². The molecular formula is C21H21N3O3. The molecule has 1 aliphatic rings. The van der Waals surface area contributed by atoms with Crippen molar-refractivity contribution in [2.24, 2.45) is 0 Å². The Kier molecular flexibility index (Phi) is 4.39. The largest absolute Gasteiger partial charge is 0.493 e. The van der Waals surface area contributed by atoms with Crippen LogP contribution in [0.25, 0.3) is 11.0 Å². The molecule has 0 saturated heterocycles. The van der Waals surface area contributed by atoms with Crippen molar-refractivity contribution < 1.29 is 9.53 Å². The van der Waals surface area contributed by atoms with Gasteiger partial charge in [0.15, 0.2) is 0 Å². The van der Waals surface area contributed by atoms with Crippen molar-refractivity contribution >= 4 is 16.9 Å². The van der Waals surface area contributed by atoms with Crippen molar-refractivity contribution in [2.45, 2.75) is 32.9 Å². The van der Waals surface area contributed by atoms with E-state index in [2.05, 4.69) is 10.3 Å². The monoisotopic (exact) mass is 363 g/mol. The van der Waals surface area contributed by atoms with E-state index in [1.807, 2.05) is 31.2 Å². The molecule has 0 saturated carbocycles. The standard InChI is InChI=1S/C21H21N3O3/c1-3-24-18-9-8-14(12-17(18)22-13(2)21(24)26)20(25)23-16-10-11-27-19-7-5-4-6-15(16)19/h4-9,12,16H,3,10-11H2,1-2H3,(H,23,25). The fourth-order valence-corrected chi connectivity index (χ4v) is 3.56. The zero-order valence-corrected chi connectivity index (χ0v) is 15.4. The van der Waals surface area contributed by atoms with Gasteiger partial charge in [-0.25, -0.2) is 4.98 Å². The van der Waals surface area contributed by atoms with Crippen LogP contribution in [0.4, 0.5) is 0 Å². The molecule has 0 fully saturated rings. The van der Waals surface area contributed by atoms with Crippen LogP contribution in [0, 0.1) is 6.92 Å². The number of nitrogens with zero attached hydrogens (tertiary/aromatic N) is 2. The molecule has 1 aliphatic heterocycles. The smallest absolute Gasteiger partial charge is 0.272 e. The number of benzene rings is 2. The quantitative estimate of drug-likeness (QED) is 0.776. The molecule has 0 bridgehead atoms. The number of nitrogens with one attached hydrogen (secondary N) is 1. The van der Waals surface area contributed by atoms with Gasteiger partial charge in [0.2, 0.25) is 0 Å². The van der Waals surface area contributed by atoms with Gasteiger partial charge in [0.1, 0.15) is 11.4 Å². The van der Waals surface area contributed by atoms with Gasteiger partial charge in [-0.1, -0.05) is 18.2 Å². The topological polar surface area (TPSA) is 73.2 Å². The number of ether oxygens (including phenoxy) is 1. The Hall–Kier alpha value is -3.15. The number of hydrogen-bond donors (Lipinski definition) is 1. The predicted molar refractivity (Wildman–Crippen MR) is 103 cm³/mol. The lowest BCUT2D eigenvalue weighted by atomic mass is 10.00. The SMILES string of the molecule is CCn1c(=O)c(C)nc2cc(C(=O)NC3CCOc4ccccc43)ccc21. The van der Waals surface area contributed by atoms with E-state index in [1.165, 1.54) is 0 Å². The Labute approximate surface area is 156 Å². The van der Waals surface area contributed by atoms with E-state index < -0.39 is 0 Å². The number of aryl methyl sites for hydroxylation is 2. The van der Waals surface area contributed by atoms with E-state index in [9.17, 15) is 9.59 Å². The average molecular weight is 363 g/mol. The highest BCUT2D eigenvalue weighted by Gasteiger charge is 2.23. The summed E-state index contributed by atoms with van der Waals surface area (Å²) in [5, 5.41) is 3.10. The van der Waals surface area contributed by atoms with Gasteiger partial charge in [0, 0.05) is 24.1 Å². The van der Waals surface area contributed by atoms with Crippen molar-refractivity contribution in [1.29, 1.82) is 0 Å². The van der Waals surface area contributed by atoms with Crippen molar-refractivity contribution in [2.75, 3.05) is 6.61 Å². The summed E-state index contributed by atoms with van der Waals surface area (Å²) in [6.45, 7) is 4.75. The third kappa shape index (κ3) is 3.07. The summed E-state index contributed by atoms with van der Waals surface area (Å²) >= 11 is 0. The molecule has 1 N–H and O–H groups in total. The van der Waals surface area contributed by atoms with Gasteiger partial charge in [-0.3, -0.25) is 9.59 Å². The van der Waals surface area contributed by atoms with Gasteiger partial charge in [0.25, 0.3) is 11.5 Å². The average Bonchev–Trinajstić information content (AvgIpc) is 2.69. The zero-order chi connectivity index (χ0) is 19.0. The molecule has 2 aromatic carbocycles. The molecule has 1 aromatic heterocycles. The van der Waals surface area contributed by atoms with Crippen LogP contribution in [0.15, 0.2) is 47.3 Å². The number of rotatable bonds is 3. The maximum absolute atomic E-state index is 12.8. The molecule has 6 nitrogen and oxygen atoms in total. The van der Waals surface area contributed by atoms with Crippen LogP contribution in [0.2, 0.25) is 0 Å². The number of carbonyl (C=O) groups excluding carboxylic acids is 1. The van der Waals surface area contributed by atoms with Crippen molar-refractivity contribution in [3.05, 3.63) is 69.6 Å². The number of hydrogen-bond acceptors (Lipinski definition) is 4. The van der Waals surface area contributed by atoms with Crippen molar-refractivity contribution in [3.8, 4) is 5.75 Å². The second-order valence-electron chi connectivity index (χ2n) is 6.65. The van der Waals surface area contributed by atoms with Gasteiger partial charge in [-0.2, -0.15) is 0 Å². The summed E-state index contributed by atoms with van der Waals surface area (Å²) in [7, 11) is 0. The van der Waals surface area contributed by atoms with E-state index in [-0.39, 0.29) is 17.5 Å². The summed E-state index contributed by atoms with van der Waals surface area (Å²) in [6, 6.07) is 13.0. The number of amides is 1. The normalized spacial score (nSPS) is 15.9. The fourth-order valence-electron chi connectivity index (χ4n) is 3.56. The number of carbonyl (C=O) groups is 1. The van der Waals surface area contributed by atoms with Crippen LogP contribution >= 0.6 is 0 Å². The Morgan fingerprint density at radius 1 is 1.30 bits per heavy atom. The minimum absolute atomic E-state index is 0.0857. The Morgan fingerprint density at radius 2 is 2.11 bits per heavy atom. The second-order valence-corrected chi connectivity index (χ2v) is 6.65. The molecule has 2 heterocycles. The van der Waals surface area contributed by atoms with E-state index in [4.69, 9.17) is 4.74 Å². The molecule has 3 aromatic rings. The highest BCUT2D eigenvalue weighted by Crippen LogP contribution is 2.31. The summed E-state index contributed by atoms with van der Waals surface area (Å²) in [6.07, 6.45) is 0.725. The van der Waals surface area contributed by atoms with Gasteiger partial charge in [-0.05, 0) is 38.1 Å². The number of fused-ring (bicyclic) bond motifs is 2. The highest BCUT2D eigenvalue weighted by atomic mass is 16.5. The summed E-state index contributed by atoms with van der Waals surface area (Å²) in [4.78, 5) is 29.4. The van der Waals surface area contributed by atoms with E-state index in [0.29, 0.717) is 29.9 Å². The molecule has 27 heavy (non-hydrogen) atoms. The van der Waals surface area contributed by atoms with Gasteiger partial charge in [0.05, 0.1) is 23.7 Å². The lowest BCUT2D eigenvalue weighted by molar-refractivity contribution is 0.0925. The molecule has 1 atom stereocenters. The fraction of sp³-hybridized carbons (Fsp3) is 0.286. The summed E-state index contributed by atoms with van der Waals surface area (Å²) in [5.41, 5.74) is 3.24. The molecule has 138 valence electrons. The summed E-state index contributed by atoms with van der Waals surface area (Å²) < 4.78 is 7.33. The molecule has 1 unspecified atom stereocenters. The molecule has 0 aliphatic carbocycles. The maximum atomic E-state index is 12.8. The number of para-hydroxylation sites is 1. The van der Waals surface area contributed by atoms with Crippen molar-refractivity contribution in [3.63, 3.8) is 0 Å². The lowest BCUT2D eigenvalue weighted by Gasteiger charge is -2.26. The minimum Gasteiger partial charge on any atom is -0.493 e. The van der Waals surface area contributed by atoms with Crippen LogP contribution in [0.1, 0.15) is 41.0 Å². The van der Waals surface area contributed by atoms with Gasteiger partial charge >= 0.3 is 0 Å². The first-order valence-electron chi connectivity index (χ1n) is 9.12. The first-order chi connectivity index (χ1) is 13.1. The Morgan fingerprint density at radius 3 is 2.93 bits per heavy atom. The maximum Gasteiger partial charge on any atom is 0.272 e. The molecule has 4 rings (SSSR count). The third-order valence-electron chi connectivity index (χ3n) is 4.95. The van der Waals surface area contributed by atoms with Crippen LogP contribution in [-0.2, 0) is 6.54 Å². The first-order valence-corrected chi connectivity index (χ1v) is 9.12. The molecule has 6 heteroatoms. The van der Waals surface area contributed by atoms with Gasteiger partial charge < -0.3 is 14.6 Å². The molecule has 1 amide bonds.